The van der Waals surface area contributed by atoms with Crippen LogP contribution in [-0.2, 0) is 27.1 Å². The average Bonchev–Trinajstić information content (AvgIpc) is 3.82. The van der Waals surface area contributed by atoms with Crippen LogP contribution in [0.15, 0.2) is 158 Å². The lowest BCUT2D eigenvalue weighted by atomic mass is 9.33. The Morgan fingerprint density at radius 1 is 0.466 bits per heavy atom. The maximum atomic E-state index is 2.75. The van der Waals surface area contributed by atoms with Crippen molar-refractivity contribution in [1.82, 2.24) is 0 Å². The Bertz CT molecular complexity index is 3700. The number of rotatable bonds is 5. The van der Waals surface area contributed by atoms with Crippen LogP contribution in [0.5, 0.6) is 0 Å². The highest BCUT2D eigenvalue weighted by Crippen LogP contribution is 2.56. The quantitative estimate of drug-likeness (QED) is 0.159. The van der Waals surface area contributed by atoms with Crippen molar-refractivity contribution in [2.75, 3.05) is 14.7 Å². The Hall–Kier alpha value is -6.56. The highest BCUT2D eigenvalue weighted by molar-refractivity contribution is 7.26. The first-order valence-corrected chi connectivity index (χ1v) is 27.6. The first-order valence-electron chi connectivity index (χ1n) is 26.8. The molecule has 0 saturated carbocycles. The summed E-state index contributed by atoms with van der Waals surface area (Å²) >= 11 is 1.90. The van der Waals surface area contributed by atoms with Crippen LogP contribution in [0.4, 0.5) is 51.2 Å². The molecule has 5 heteroatoms. The molecule has 1 aromatic heterocycles. The Morgan fingerprint density at radius 3 is 1.64 bits per heavy atom. The molecule has 3 nitrogen and oxygen atoms in total. The largest absolute Gasteiger partial charge is 0.311 e. The summed E-state index contributed by atoms with van der Waals surface area (Å²) in [5.74, 6) is 0. The highest BCUT2D eigenvalue weighted by atomic mass is 32.1. The number of nitrogens with zero attached hydrogens (tertiary/aromatic N) is 3. The molecule has 0 unspecified atom stereocenters. The van der Waals surface area contributed by atoms with Crippen LogP contribution in [0.3, 0.4) is 0 Å². The Morgan fingerprint density at radius 2 is 1.00 bits per heavy atom. The van der Waals surface area contributed by atoms with Crippen molar-refractivity contribution in [3.8, 4) is 0 Å². The van der Waals surface area contributed by atoms with Gasteiger partial charge in [0.05, 0.1) is 5.69 Å². The van der Waals surface area contributed by atoms with E-state index in [1.807, 2.05) is 11.3 Å². The van der Waals surface area contributed by atoms with Crippen molar-refractivity contribution in [3.63, 3.8) is 0 Å². The van der Waals surface area contributed by atoms with Crippen molar-refractivity contribution in [2.24, 2.45) is 0 Å². The maximum Gasteiger partial charge on any atom is 0.252 e. The van der Waals surface area contributed by atoms with E-state index < -0.39 is 0 Å². The molecule has 2 aliphatic heterocycles. The molecule has 0 fully saturated rings. The van der Waals surface area contributed by atoms with Crippen LogP contribution in [0.2, 0.25) is 0 Å². The third-order valence-corrected chi connectivity index (χ3v) is 18.9. The summed E-state index contributed by atoms with van der Waals surface area (Å²) in [6, 6.07) is 61.0. The van der Waals surface area contributed by atoms with Gasteiger partial charge in [-0.2, -0.15) is 0 Å². The molecule has 0 radical (unpaired) electrons. The predicted molar refractivity (Wildman–Crippen MR) is 317 cm³/mol. The van der Waals surface area contributed by atoms with Gasteiger partial charge in [0.15, 0.2) is 0 Å². The molecule has 13 rings (SSSR count). The van der Waals surface area contributed by atoms with E-state index in [4.69, 9.17) is 0 Å². The summed E-state index contributed by atoms with van der Waals surface area (Å²) in [7, 11) is 0. The van der Waals surface area contributed by atoms with Gasteiger partial charge in [0.2, 0.25) is 0 Å². The van der Waals surface area contributed by atoms with E-state index in [2.05, 4.69) is 256 Å². The van der Waals surface area contributed by atoms with Gasteiger partial charge in [-0.1, -0.05) is 155 Å². The van der Waals surface area contributed by atoms with Crippen LogP contribution < -0.4 is 31.1 Å². The van der Waals surface area contributed by atoms with E-state index in [9.17, 15) is 0 Å². The van der Waals surface area contributed by atoms with Gasteiger partial charge in [-0.15, -0.1) is 11.3 Å². The number of hydrogen-bond donors (Lipinski definition) is 0. The molecule has 0 amide bonds. The van der Waals surface area contributed by atoms with Crippen LogP contribution in [-0.4, -0.2) is 6.71 Å². The second-order valence-corrected chi connectivity index (χ2v) is 26.7. The standard InChI is InChI=1S/C68H68BN3S/c1-42-34-48-50(66(7,8)33-32-65(48,5)6)39-55(42)72-57-40-51-49(67(9,10)41-68(51,11)12)38-53(57)69-52-31-30-46(70(44-22-15-13-16-23-44)45-24-17-14-18-25-45)37-56(52)71(58-35-43(64(2,3)4)36-59(72)63(58)69)54-27-21-29-61-62(54)47-26-19-20-28-60(47)73-61/h13-31,34-40H,32-33,41H2,1-12H3. The van der Waals surface area contributed by atoms with Crippen LogP contribution in [0, 0.1) is 6.92 Å². The van der Waals surface area contributed by atoms with E-state index in [0.717, 1.165) is 23.5 Å². The average molecular weight is 970 g/mol. The molecule has 9 aromatic rings. The van der Waals surface area contributed by atoms with E-state index >= 15 is 0 Å². The number of thiophene rings is 1. The first kappa shape index (κ1) is 46.2. The summed E-state index contributed by atoms with van der Waals surface area (Å²) < 4.78 is 2.62. The third kappa shape index (κ3) is 6.97. The smallest absolute Gasteiger partial charge is 0.252 e. The molecule has 364 valence electrons. The molecule has 3 heterocycles. The third-order valence-electron chi connectivity index (χ3n) is 17.7. The SMILES string of the molecule is Cc1cc2c(cc1N1c3cc4c(cc3B3c5ccc(N(c6ccccc6)c6ccccc6)cc5N(c5cccc6sc7ccccc7c56)c5cc(C(C)(C)C)cc1c53)C(C)(C)CC4(C)C)C(C)(C)CCC2(C)C. The molecule has 73 heavy (non-hydrogen) atoms. The van der Waals surface area contributed by atoms with Crippen molar-refractivity contribution >= 4 is 106 Å². The first-order chi connectivity index (χ1) is 34.7. The summed E-state index contributed by atoms with van der Waals surface area (Å²) in [5, 5.41) is 2.61. The Kier molecular flexibility index (Phi) is 9.97. The summed E-state index contributed by atoms with van der Waals surface area (Å²) in [5.41, 5.74) is 23.8. The van der Waals surface area contributed by atoms with Crippen LogP contribution in [0.25, 0.3) is 20.2 Å². The molecule has 0 saturated heterocycles. The van der Waals surface area contributed by atoms with Gasteiger partial charge in [0.25, 0.3) is 6.71 Å². The van der Waals surface area contributed by atoms with Crippen molar-refractivity contribution in [1.29, 1.82) is 0 Å². The molecule has 2 aliphatic carbocycles. The van der Waals surface area contributed by atoms with Gasteiger partial charge in [-0.05, 0) is 182 Å². The topological polar surface area (TPSA) is 9.72 Å². The summed E-state index contributed by atoms with van der Waals surface area (Å²) in [4.78, 5) is 7.87. The lowest BCUT2D eigenvalue weighted by molar-refractivity contribution is 0.332. The zero-order chi connectivity index (χ0) is 50.7. The lowest BCUT2D eigenvalue weighted by Gasteiger charge is -2.47. The van der Waals surface area contributed by atoms with E-state index in [-0.39, 0.29) is 33.8 Å². The van der Waals surface area contributed by atoms with Crippen LogP contribution >= 0.6 is 11.3 Å². The highest BCUT2D eigenvalue weighted by Gasteiger charge is 2.49. The molecular formula is C68H68BN3S. The van der Waals surface area contributed by atoms with E-state index in [0.29, 0.717) is 0 Å². The normalized spacial score (nSPS) is 17.5. The number of aryl methyl sites for hydroxylation is 1. The van der Waals surface area contributed by atoms with Crippen molar-refractivity contribution in [2.45, 2.75) is 129 Å². The minimum Gasteiger partial charge on any atom is -0.311 e. The second-order valence-electron chi connectivity index (χ2n) is 25.6. The fourth-order valence-corrected chi connectivity index (χ4v) is 15.2. The number of fused-ring (bicyclic) bond motifs is 9. The second kappa shape index (κ2) is 15.7. The van der Waals surface area contributed by atoms with Gasteiger partial charge in [-0.25, -0.2) is 0 Å². The lowest BCUT2D eigenvalue weighted by Crippen LogP contribution is -2.61. The van der Waals surface area contributed by atoms with Crippen LogP contribution in [0.1, 0.15) is 129 Å². The molecule has 0 N–H and O–H groups in total. The zero-order valence-corrected chi connectivity index (χ0v) is 45.8. The summed E-state index contributed by atoms with van der Waals surface area (Å²) in [6.07, 6.45) is 3.47. The molecular weight excluding hydrogens is 902 g/mol. The van der Waals surface area contributed by atoms with Crippen molar-refractivity contribution in [3.05, 3.63) is 191 Å². The number of benzene rings is 8. The monoisotopic (exact) mass is 970 g/mol. The van der Waals surface area contributed by atoms with Gasteiger partial charge < -0.3 is 14.7 Å². The number of hydrogen-bond acceptors (Lipinski definition) is 4. The molecule has 8 aromatic carbocycles. The predicted octanol–water partition coefficient (Wildman–Crippen LogP) is 17.5. The van der Waals surface area contributed by atoms with Gasteiger partial charge >= 0.3 is 0 Å². The minimum absolute atomic E-state index is 0.0180. The minimum atomic E-state index is -0.153. The number of anilines is 9. The molecule has 4 aliphatic rings. The fourth-order valence-electron chi connectivity index (χ4n) is 14.0. The fraction of sp³-hybridized carbons (Fsp3) is 0.294. The van der Waals surface area contributed by atoms with Gasteiger partial charge in [0.1, 0.15) is 0 Å². The van der Waals surface area contributed by atoms with Gasteiger partial charge in [-0.3, -0.25) is 0 Å². The number of para-hydroxylation sites is 2. The van der Waals surface area contributed by atoms with E-state index in [1.165, 1.54) is 117 Å². The molecule has 0 bridgehead atoms. The Labute approximate surface area is 438 Å². The maximum absolute atomic E-state index is 2.75. The van der Waals surface area contributed by atoms with Gasteiger partial charge in [0, 0.05) is 65.7 Å². The van der Waals surface area contributed by atoms with Crippen molar-refractivity contribution < 1.29 is 0 Å². The molecule has 0 atom stereocenters. The molecule has 0 spiro atoms. The van der Waals surface area contributed by atoms with E-state index in [1.54, 1.807) is 0 Å². The zero-order valence-electron chi connectivity index (χ0n) is 45.0. The Balaban J connectivity index is 1.18. The summed E-state index contributed by atoms with van der Waals surface area (Å²) in [6.45, 7) is 29.4.